The van der Waals surface area contributed by atoms with Crippen LogP contribution in [0.1, 0.15) is 5.56 Å². The number of rotatable bonds is 13. The van der Waals surface area contributed by atoms with Crippen LogP contribution < -0.4 is 25.0 Å². The number of aliphatic carboxylic acids is 1. The van der Waals surface area contributed by atoms with Gasteiger partial charge < -0.3 is 34.8 Å². The Morgan fingerprint density at radius 3 is 2.62 bits per heavy atom. The standard InChI is InChI=1S/C23H25N3O11/c27-21(14-33-16-6-4-15(5-7-16)26(31)32)25-10-9-24-12-17(36-23(30)22(28)29)13-34-19-2-1-3-20-18(19)8-11-35-37-20/h1-7,17,24H,8-14H2,(H,25,27)(H,28,29). The van der Waals surface area contributed by atoms with Gasteiger partial charge in [-0.05, 0) is 24.3 Å². The maximum Gasteiger partial charge on any atom is 0.417 e. The van der Waals surface area contributed by atoms with Crippen molar-refractivity contribution in [2.75, 3.05) is 39.5 Å². The number of nitrogens with zero attached hydrogens (tertiary/aromatic N) is 1. The first-order valence-corrected chi connectivity index (χ1v) is 11.2. The van der Waals surface area contributed by atoms with Crippen molar-refractivity contribution in [2.45, 2.75) is 12.5 Å². The number of nitro groups is 1. The van der Waals surface area contributed by atoms with Gasteiger partial charge >= 0.3 is 11.9 Å². The summed E-state index contributed by atoms with van der Waals surface area (Å²) in [5, 5.41) is 25.1. The number of non-ortho nitro benzene ring substituents is 1. The minimum atomic E-state index is -1.73. The third kappa shape index (κ3) is 8.63. The number of hydrogen-bond acceptors (Lipinski definition) is 11. The number of ether oxygens (including phenoxy) is 3. The summed E-state index contributed by atoms with van der Waals surface area (Å²) < 4.78 is 16.0. The molecule has 0 saturated carbocycles. The van der Waals surface area contributed by atoms with Crippen LogP contribution in [0.5, 0.6) is 17.2 Å². The molecule has 3 rings (SSSR count). The number of hydrogen-bond donors (Lipinski definition) is 3. The van der Waals surface area contributed by atoms with Crippen molar-refractivity contribution < 1.29 is 48.4 Å². The molecule has 0 aliphatic carbocycles. The summed E-state index contributed by atoms with van der Waals surface area (Å²) in [4.78, 5) is 54.6. The molecule has 1 atom stereocenters. The molecule has 2 aromatic rings. The summed E-state index contributed by atoms with van der Waals surface area (Å²) in [7, 11) is 0. The third-order valence-corrected chi connectivity index (χ3v) is 4.96. The lowest BCUT2D eigenvalue weighted by Crippen LogP contribution is -2.40. The average Bonchev–Trinajstić information content (AvgIpc) is 2.90. The Morgan fingerprint density at radius 2 is 1.89 bits per heavy atom. The lowest BCUT2D eigenvalue weighted by Gasteiger charge is -2.22. The van der Waals surface area contributed by atoms with E-state index in [1.165, 1.54) is 24.3 Å². The van der Waals surface area contributed by atoms with Gasteiger partial charge in [0.2, 0.25) is 0 Å². The number of fused-ring (bicyclic) bond motifs is 1. The Hall–Kier alpha value is -4.43. The molecule has 0 aromatic heterocycles. The Morgan fingerprint density at radius 1 is 1.11 bits per heavy atom. The number of carbonyl (C=O) groups excluding carboxylic acids is 2. The molecule has 1 heterocycles. The number of carboxylic acid groups (broad SMARTS) is 1. The van der Waals surface area contributed by atoms with Gasteiger partial charge in [-0.15, -0.1) is 0 Å². The van der Waals surface area contributed by atoms with Gasteiger partial charge in [0.1, 0.15) is 24.2 Å². The second-order valence-electron chi connectivity index (χ2n) is 7.63. The van der Waals surface area contributed by atoms with E-state index < -0.39 is 28.9 Å². The Labute approximate surface area is 210 Å². The highest BCUT2D eigenvalue weighted by Crippen LogP contribution is 2.31. The topological polar surface area (TPSA) is 185 Å². The van der Waals surface area contributed by atoms with Gasteiger partial charge in [-0.2, -0.15) is 4.89 Å². The first kappa shape index (κ1) is 27.2. The summed E-state index contributed by atoms with van der Waals surface area (Å²) in [6, 6.07) is 10.4. The molecule has 37 heavy (non-hydrogen) atoms. The van der Waals surface area contributed by atoms with Crippen LogP contribution >= 0.6 is 0 Å². The number of nitrogens with one attached hydrogen (secondary N) is 2. The maximum atomic E-state index is 11.9. The predicted octanol–water partition coefficient (Wildman–Crippen LogP) is 0.621. The van der Waals surface area contributed by atoms with E-state index in [0.717, 1.165) is 5.56 Å². The second-order valence-corrected chi connectivity index (χ2v) is 7.63. The van der Waals surface area contributed by atoms with Crippen molar-refractivity contribution in [1.29, 1.82) is 0 Å². The van der Waals surface area contributed by atoms with E-state index in [4.69, 9.17) is 29.1 Å². The van der Waals surface area contributed by atoms with Crippen LogP contribution in [0.3, 0.4) is 0 Å². The molecule has 3 N–H and O–H groups in total. The molecule has 1 aliphatic heterocycles. The van der Waals surface area contributed by atoms with Crippen LogP contribution in [0.4, 0.5) is 5.69 Å². The van der Waals surface area contributed by atoms with E-state index in [1.807, 2.05) is 0 Å². The molecule has 14 heteroatoms. The smallest absolute Gasteiger partial charge is 0.417 e. The van der Waals surface area contributed by atoms with Crippen molar-refractivity contribution in [3.63, 3.8) is 0 Å². The van der Waals surface area contributed by atoms with Gasteiger partial charge in [-0.3, -0.25) is 14.9 Å². The molecule has 14 nitrogen and oxygen atoms in total. The minimum absolute atomic E-state index is 0.0584. The largest absolute Gasteiger partial charge is 0.489 e. The van der Waals surface area contributed by atoms with E-state index in [-0.39, 0.29) is 38.5 Å². The lowest BCUT2D eigenvalue weighted by molar-refractivity contribution is -0.384. The fourth-order valence-electron chi connectivity index (χ4n) is 3.19. The quantitative estimate of drug-likeness (QED) is 0.0838. The Kier molecular flexibility index (Phi) is 9.99. The molecule has 0 spiro atoms. The van der Waals surface area contributed by atoms with Crippen LogP contribution in [-0.4, -0.2) is 73.4 Å². The van der Waals surface area contributed by atoms with Crippen LogP contribution in [0.2, 0.25) is 0 Å². The van der Waals surface area contributed by atoms with Gasteiger partial charge in [0, 0.05) is 43.8 Å². The van der Waals surface area contributed by atoms with E-state index in [0.29, 0.717) is 30.3 Å². The highest BCUT2D eigenvalue weighted by Gasteiger charge is 2.22. The van der Waals surface area contributed by atoms with E-state index in [2.05, 4.69) is 10.6 Å². The van der Waals surface area contributed by atoms with Crippen molar-refractivity contribution in [3.8, 4) is 17.2 Å². The minimum Gasteiger partial charge on any atom is -0.489 e. The molecule has 1 aliphatic rings. The van der Waals surface area contributed by atoms with Gasteiger partial charge in [0.25, 0.3) is 11.6 Å². The number of carboxylic acids is 1. The summed E-state index contributed by atoms with van der Waals surface area (Å²) in [6.07, 6.45) is -0.377. The lowest BCUT2D eigenvalue weighted by atomic mass is 10.1. The summed E-state index contributed by atoms with van der Waals surface area (Å²) in [6.45, 7) is 0.460. The zero-order valence-corrected chi connectivity index (χ0v) is 19.5. The van der Waals surface area contributed by atoms with E-state index in [9.17, 15) is 24.5 Å². The van der Waals surface area contributed by atoms with Crippen LogP contribution in [-0.2, 0) is 30.4 Å². The van der Waals surface area contributed by atoms with Crippen LogP contribution in [0.25, 0.3) is 0 Å². The third-order valence-electron chi connectivity index (χ3n) is 4.96. The monoisotopic (exact) mass is 519 g/mol. The number of benzene rings is 2. The van der Waals surface area contributed by atoms with Crippen LogP contribution in [0.15, 0.2) is 42.5 Å². The molecular weight excluding hydrogens is 494 g/mol. The highest BCUT2D eigenvalue weighted by molar-refractivity contribution is 6.28. The number of amides is 1. The average molecular weight is 519 g/mol. The van der Waals surface area contributed by atoms with Crippen molar-refractivity contribution in [3.05, 3.63) is 58.1 Å². The van der Waals surface area contributed by atoms with Crippen molar-refractivity contribution in [1.82, 2.24) is 10.6 Å². The normalized spacial score (nSPS) is 12.9. The Bertz CT molecular complexity index is 1110. The molecule has 198 valence electrons. The van der Waals surface area contributed by atoms with Gasteiger partial charge in [0.15, 0.2) is 12.4 Å². The fraction of sp³-hybridized carbons (Fsp3) is 0.348. The second kappa shape index (κ2) is 13.6. The van der Waals surface area contributed by atoms with Crippen LogP contribution in [0, 0.1) is 10.1 Å². The van der Waals surface area contributed by atoms with Gasteiger partial charge in [0.05, 0.1) is 11.5 Å². The van der Waals surface area contributed by atoms with Crippen molar-refractivity contribution >= 4 is 23.5 Å². The zero-order chi connectivity index (χ0) is 26.6. The molecule has 2 aromatic carbocycles. The van der Waals surface area contributed by atoms with Gasteiger partial charge in [-0.1, -0.05) is 6.07 Å². The van der Waals surface area contributed by atoms with Crippen molar-refractivity contribution in [2.24, 2.45) is 0 Å². The predicted molar refractivity (Wildman–Crippen MR) is 124 cm³/mol. The van der Waals surface area contributed by atoms with E-state index >= 15 is 0 Å². The maximum absolute atomic E-state index is 11.9. The zero-order valence-electron chi connectivity index (χ0n) is 19.5. The number of nitro benzene ring substituents is 1. The summed E-state index contributed by atoms with van der Waals surface area (Å²) in [5.41, 5.74) is 0.691. The molecular formula is C23H25N3O11. The summed E-state index contributed by atoms with van der Waals surface area (Å²) in [5.74, 6) is -2.25. The van der Waals surface area contributed by atoms with Gasteiger partial charge in [-0.25, -0.2) is 9.59 Å². The molecule has 0 bridgehead atoms. The first-order chi connectivity index (χ1) is 17.8. The number of carbonyl (C=O) groups is 3. The molecule has 1 amide bonds. The molecule has 0 radical (unpaired) electrons. The Balaban J connectivity index is 1.40. The fourth-order valence-corrected chi connectivity index (χ4v) is 3.19. The summed E-state index contributed by atoms with van der Waals surface area (Å²) >= 11 is 0. The number of esters is 1. The molecule has 1 unspecified atom stereocenters. The van der Waals surface area contributed by atoms with E-state index in [1.54, 1.807) is 18.2 Å². The SMILES string of the molecule is O=C(COc1ccc([N+](=O)[O-])cc1)NCCNCC(COc1cccc2c1CCOO2)OC(=O)C(=O)O. The molecule has 0 saturated heterocycles. The highest BCUT2D eigenvalue weighted by atomic mass is 17.2. The first-order valence-electron chi connectivity index (χ1n) is 11.2. The molecule has 0 fully saturated rings.